The van der Waals surface area contributed by atoms with Crippen molar-refractivity contribution in [2.45, 2.75) is 6.10 Å². The molecule has 1 N–H and O–H groups in total. The second kappa shape index (κ2) is 6.95. The number of benzene rings is 2. The third-order valence-electron chi connectivity index (χ3n) is 3.00. The molecule has 0 fully saturated rings. The van der Waals surface area contributed by atoms with Crippen molar-refractivity contribution < 1.29 is 23.7 Å². The molecule has 0 aliphatic carbocycles. The van der Waals surface area contributed by atoms with Crippen LogP contribution in [-0.4, -0.2) is 25.9 Å². The van der Waals surface area contributed by atoms with Gasteiger partial charge in [-0.2, -0.15) is 0 Å². The van der Waals surface area contributed by atoms with Crippen LogP contribution in [0.4, 0.5) is 4.39 Å². The number of hydrogen-bond acceptors (Lipinski definition) is 4. The lowest BCUT2D eigenvalue weighted by Gasteiger charge is -2.16. The van der Waals surface area contributed by atoms with Gasteiger partial charge in [0.05, 0.1) is 14.2 Å². The average Bonchev–Trinajstić information content (AvgIpc) is 2.52. The molecule has 2 rings (SSSR count). The van der Waals surface area contributed by atoms with Crippen LogP contribution < -0.4 is 14.2 Å². The molecule has 5 heteroatoms. The summed E-state index contributed by atoms with van der Waals surface area (Å²) < 4.78 is 28.7. The van der Waals surface area contributed by atoms with Crippen molar-refractivity contribution in [1.82, 2.24) is 0 Å². The number of halogens is 1. The van der Waals surface area contributed by atoms with E-state index >= 15 is 0 Å². The van der Waals surface area contributed by atoms with E-state index in [9.17, 15) is 9.50 Å². The Morgan fingerprint density at radius 1 is 1.05 bits per heavy atom. The molecule has 1 unspecified atom stereocenters. The predicted octanol–water partition coefficient (Wildman–Crippen LogP) is 2.96. The fourth-order valence-electron chi connectivity index (χ4n) is 1.92. The maximum atomic E-state index is 13.0. The first kappa shape index (κ1) is 15.1. The van der Waals surface area contributed by atoms with E-state index in [2.05, 4.69) is 0 Å². The number of aliphatic hydroxyl groups is 1. The third kappa shape index (κ3) is 3.86. The minimum absolute atomic E-state index is 0.00780. The Labute approximate surface area is 122 Å². The number of ether oxygens (including phenoxy) is 3. The molecule has 2 aromatic carbocycles. The monoisotopic (exact) mass is 292 g/mol. The Kier molecular flexibility index (Phi) is 5.00. The van der Waals surface area contributed by atoms with Crippen molar-refractivity contribution >= 4 is 0 Å². The van der Waals surface area contributed by atoms with Gasteiger partial charge in [-0.25, -0.2) is 4.39 Å². The molecule has 0 aliphatic rings. The minimum atomic E-state index is -0.894. The highest BCUT2D eigenvalue weighted by molar-refractivity contribution is 5.42. The van der Waals surface area contributed by atoms with E-state index in [1.165, 1.54) is 19.2 Å². The molecule has 21 heavy (non-hydrogen) atoms. The first-order valence-corrected chi connectivity index (χ1v) is 6.42. The number of methoxy groups -OCH3 is 2. The summed E-state index contributed by atoms with van der Waals surface area (Å²) >= 11 is 0. The summed E-state index contributed by atoms with van der Waals surface area (Å²) in [4.78, 5) is 0. The second-order valence-electron chi connectivity index (χ2n) is 4.39. The lowest BCUT2D eigenvalue weighted by molar-refractivity contribution is 0.105. The Bertz CT molecular complexity index is 601. The van der Waals surface area contributed by atoms with Crippen LogP contribution in [0.5, 0.6) is 17.2 Å². The predicted molar refractivity (Wildman–Crippen MR) is 76.4 cm³/mol. The maximum absolute atomic E-state index is 13.0. The number of rotatable bonds is 6. The van der Waals surface area contributed by atoms with Crippen LogP contribution in [0.25, 0.3) is 0 Å². The normalized spacial score (nSPS) is 11.8. The first-order chi connectivity index (χ1) is 10.1. The van der Waals surface area contributed by atoms with Gasteiger partial charge in [-0.05, 0) is 24.3 Å². The number of hydrogen-bond donors (Lipinski definition) is 1. The Morgan fingerprint density at radius 2 is 1.86 bits per heavy atom. The van der Waals surface area contributed by atoms with Gasteiger partial charge in [0.15, 0.2) is 0 Å². The van der Waals surface area contributed by atoms with Crippen LogP contribution in [0.1, 0.15) is 11.7 Å². The van der Waals surface area contributed by atoms with Gasteiger partial charge in [-0.3, -0.25) is 0 Å². The summed E-state index contributed by atoms with van der Waals surface area (Å²) in [5, 5.41) is 10.2. The largest absolute Gasteiger partial charge is 0.497 e. The Balaban J connectivity index is 2.07. The Hall–Kier alpha value is -2.27. The molecule has 0 bridgehead atoms. The van der Waals surface area contributed by atoms with Gasteiger partial charge in [-0.1, -0.05) is 6.07 Å². The standard InChI is InChI=1S/C16H17FO4/c1-19-12-6-7-14(16(9-12)20-2)15(18)10-21-13-5-3-4-11(17)8-13/h3-9,15,18H,10H2,1-2H3. The maximum Gasteiger partial charge on any atom is 0.128 e. The van der Waals surface area contributed by atoms with E-state index in [1.807, 2.05) is 0 Å². The van der Waals surface area contributed by atoms with E-state index in [4.69, 9.17) is 14.2 Å². The van der Waals surface area contributed by atoms with E-state index < -0.39 is 6.10 Å². The third-order valence-corrected chi connectivity index (χ3v) is 3.00. The first-order valence-electron chi connectivity index (χ1n) is 6.42. The van der Waals surface area contributed by atoms with Crippen molar-refractivity contribution in [2.75, 3.05) is 20.8 Å². The van der Waals surface area contributed by atoms with E-state index in [0.29, 0.717) is 22.8 Å². The van der Waals surface area contributed by atoms with Crippen LogP contribution in [0, 0.1) is 5.82 Å². The van der Waals surface area contributed by atoms with Gasteiger partial charge in [0.1, 0.15) is 35.8 Å². The van der Waals surface area contributed by atoms with Crippen molar-refractivity contribution in [1.29, 1.82) is 0 Å². The molecular weight excluding hydrogens is 275 g/mol. The Morgan fingerprint density at radius 3 is 2.52 bits per heavy atom. The topological polar surface area (TPSA) is 47.9 Å². The van der Waals surface area contributed by atoms with E-state index in [1.54, 1.807) is 37.4 Å². The molecule has 0 spiro atoms. The molecule has 0 saturated heterocycles. The highest BCUT2D eigenvalue weighted by atomic mass is 19.1. The molecule has 0 amide bonds. The molecule has 112 valence electrons. The fraction of sp³-hybridized carbons (Fsp3) is 0.250. The van der Waals surface area contributed by atoms with Crippen LogP contribution in [0.3, 0.4) is 0 Å². The lowest BCUT2D eigenvalue weighted by atomic mass is 10.1. The summed E-state index contributed by atoms with van der Waals surface area (Å²) in [5.74, 6) is 1.11. The van der Waals surface area contributed by atoms with Gasteiger partial charge in [0, 0.05) is 17.7 Å². The summed E-state index contributed by atoms with van der Waals surface area (Å²) in [5.41, 5.74) is 0.578. The fourth-order valence-corrected chi connectivity index (χ4v) is 1.92. The zero-order chi connectivity index (χ0) is 15.2. The van der Waals surface area contributed by atoms with Gasteiger partial charge in [-0.15, -0.1) is 0 Å². The SMILES string of the molecule is COc1ccc(C(O)COc2cccc(F)c2)c(OC)c1. The van der Waals surface area contributed by atoms with Gasteiger partial charge < -0.3 is 19.3 Å². The second-order valence-corrected chi connectivity index (χ2v) is 4.39. The molecule has 0 radical (unpaired) electrons. The quantitative estimate of drug-likeness (QED) is 0.889. The molecule has 0 aromatic heterocycles. The highest BCUT2D eigenvalue weighted by Crippen LogP contribution is 2.29. The molecule has 2 aromatic rings. The zero-order valence-electron chi connectivity index (χ0n) is 11.9. The molecule has 1 atom stereocenters. The van der Waals surface area contributed by atoms with Crippen LogP contribution in [0.15, 0.2) is 42.5 Å². The molecule has 0 heterocycles. The zero-order valence-corrected chi connectivity index (χ0v) is 11.9. The summed E-state index contributed by atoms with van der Waals surface area (Å²) in [7, 11) is 3.07. The highest BCUT2D eigenvalue weighted by Gasteiger charge is 2.15. The van der Waals surface area contributed by atoms with Crippen molar-refractivity contribution in [2.24, 2.45) is 0 Å². The van der Waals surface area contributed by atoms with Crippen LogP contribution in [-0.2, 0) is 0 Å². The summed E-state index contributed by atoms with van der Waals surface area (Å²) in [6.07, 6.45) is -0.894. The molecule has 0 aliphatic heterocycles. The van der Waals surface area contributed by atoms with Crippen LogP contribution >= 0.6 is 0 Å². The summed E-state index contributed by atoms with van der Waals surface area (Å²) in [6, 6.07) is 10.9. The lowest BCUT2D eigenvalue weighted by Crippen LogP contribution is -2.11. The molecular formula is C16H17FO4. The van der Waals surface area contributed by atoms with Crippen molar-refractivity contribution in [3.8, 4) is 17.2 Å². The molecule has 0 saturated carbocycles. The van der Waals surface area contributed by atoms with Crippen LogP contribution in [0.2, 0.25) is 0 Å². The van der Waals surface area contributed by atoms with Gasteiger partial charge >= 0.3 is 0 Å². The van der Waals surface area contributed by atoms with E-state index in [-0.39, 0.29) is 12.4 Å². The van der Waals surface area contributed by atoms with Gasteiger partial charge in [0.25, 0.3) is 0 Å². The number of aliphatic hydroxyl groups excluding tert-OH is 1. The van der Waals surface area contributed by atoms with Crippen molar-refractivity contribution in [3.05, 3.63) is 53.8 Å². The van der Waals surface area contributed by atoms with Crippen molar-refractivity contribution in [3.63, 3.8) is 0 Å². The smallest absolute Gasteiger partial charge is 0.128 e. The molecule has 4 nitrogen and oxygen atoms in total. The van der Waals surface area contributed by atoms with E-state index in [0.717, 1.165) is 0 Å². The minimum Gasteiger partial charge on any atom is -0.497 e. The summed E-state index contributed by atoms with van der Waals surface area (Å²) in [6.45, 7) is -0.00780. The average molecular weight is 292 g/mol. The van der Waals surface area contributed by atoms with Gasteiger partial charge in [0.2, 0.25) is 0 Å².